The Balaban J connectivity index is 1.27. The van der Waals surface area contributed by atoms with Crippen LogP contribution in [0.1, 0.15) is 5.56 Å². The van der Waals surface area contributed by atoms with Gasteiger partial charge in [0.05, 0.1) is 21.9 Å². The molecule has 1 aromatic heterocycles. The van der Waals surface area contributed by atoms with Gasteiger partial charge in [0.1, 0.15) is 48.5 Å². The molecule has 2 heterocycles. The van der Waals surface area contributed by atoms with Crippen LogP contribution in [0.25, 0.3) is 10.9 Å². The smallest absolute Gasteiger partial charge is 0.150 e. The number of hydrogen-bond acceptors (Lipinski definition) is 8. The van der Waals surface area contributed by atoms with Gasteiger partial charge in [0, 0.05) is 50.2 Å². The molecule has 0 radical (unpaired) electrons. The molecule has 0 aliphatic carbocycles. The van der Waals surface area contributed by atoms with Crippen molar-refractivity contribution < 1.29 is 18.3 Å². The van der Waals surface area contributed by atoms with E-state index < -0.39 is 5.82 Å². The number of fused-ring (bicyclic) bond motifs is 1. The van der Waals surface area contributed by atoms with Gasteiger partial charge >= 0.3 is 0 Å². The lowest BCUT2D eigenvalue weighted by atomic mass is 10.2. The second-order valence-electron chi connectivity index (χ2n) is 9.43. The number of nitrogen functional groups attached to an aromatic ring is 1. The zero-order valence-electron chi connectivity index (χ0n) is 21.5. The molecular weight excluding hydrogens is 526 g/mol. The van der Waals surface area contributed by atoms with Crippen molar-refractivity contribution in [1.82, 2.24) is 19.8 Å². The van der Waals surface area contributed by atoms with Gasteiger partial charge in [-0.3, -0.25) is 4.90 Å². The van der Waals surface area contributed by atoms with Gasteiger partial charge in [-0.15, -0.1) is 0 Å². The molecule has 0 amide bonds. The first kappa shape index (κ1) is 26.9. The zero-order valence-corrected chi connectivity index (χ0v) is 22.2. The number of benzene rings is 3. The zero-order chi connectivity index (χ0) is 27.4. The topological polar surface area (TPSA) is 88.8 Å². The second-order valence-corrected chi connectivity index (χ2v) is 9.84. The summed E-state index contributed by atoms with van der Waals surface area (Å²) in [7, 11) is 2.12. The van der Waals surface area contributed by atoms with Crippen LogP contribution in [0.3, 0.4) is 0 Å². The average molecular weight is 555 g/mol. The highest BCUT2D eigenvalue weighted by Gasteiger charge is 2.16. The molecule has 0 spiro atoms. The van der Waals surface area contributed by atoms with Crippen molar-refractivity contribution in [3.8, 4) is 11.5 Å². The van der Waals surface area contributed by atoms with Crippen molar-refractivity contribution in [3.63, 3.8) is 0 Å². The van der Waals surface area contributed by atoms with E-state index in [0.29, 0.717) is 40.3 Å². The van der Waals surface area contributed by atoms with Gasteiger partial charge in [-0.2, -0.15) is 0 Å². The lowest BCUT2D eigenvalue weighted by Gasteiger charge is -2.32. The van der Waals surface area contributed by atoms with Gasteiger partial charge < -0.3 is 25.4 Å². The van der Waals surface area contributed by atoms with Crippen molar-refractivity contribution in [2.24, 2.45) is 0 Å². The maximum atomic E-state index is 15.0. The van der Waals surface area contributed by atoms with E-state index in [2.05, 4.69) is 32.1 Å². The van der Waals surface area contributed by atoms with E-state index in [4.69, 9.17) is 26.8 Å². The van der Waals surface area contributed by atoms with Gasteiger partial charge in [-0.25, -0.2) is 18.7 Å². The van der Waals surface area contributed by atoms with Crippen molar-refractivity contribution in [2.45, 2.75) is 6.61 Å². The number of piperazine rings is 1. The summed E-state index contributed by atoms with van der Waals surface area (Å²) in [6, 6.07) is 12.0. The largest absolute Gasteiger partial charge is 0.490 e. The Kier molecular flexibility index (Phi) is 8.25. The first-order chi connectivity index (χ1) is 18.9. The Bertz CT molecular complexity index is 1470. The van der Waals surface area contributed by atoms with Gasteiger partial charge in [0.25, 0.3) is 0 Å². The van der Waals surface area contributed by atoms with E-state index in [1.165, 1.54) is 30.6 Å². The van der Waals surface area contributed by atoms with Crippen LogP contribution < -0.4 is 20.5 Å². The summed E-state index contributed by atoms with van der Waals surface area (Å²) in [5, 5.41) is 3.76. The number of hydrogen-bond donors (Lipinski definition) is 2. The third kappa shape index (κ3) is 6.65. The number of aromatic nitrogens is 2. The molecule has 0 atom stereocenters. The van der Waals surface area contributed by atoms with Crippen LogP contribution in [0.4, 0.5) is 26.0 Å². The van der Waals surface area contributed by atoms with E-state index >= 15 is 4.39 Å². The molecule has 8 nitrogen and oxygen atoms in total. The minimum Gasteiger partial charge on any atom is -0.490 e. The third-order valence-corrected chi connectivity index (χ3v) is 6.88. The first-order valence-electron chi connectivity index (χ1n) is 12.6. The summed E-state index contributed by atoms with van der Waals surface area (Å²) in [6.45, 7) is 5.46. The van der Waals surface area contributed by atoms with Crippen molar-refractivity contribution in [1.29, 1.82) is 0 Å². The van der Waals surface area contributed by atoms with E-state index in [9.17, 15) is 4.39 Å². The Labute approximate surface area is 230 Å². The Morgan fingerprint density at radius 2 is 1.82 bits per heavy atom. The molecule has 1 saturated heterocycles. The number of anilines is 3. The SMILES string of the molecule is CN1CCN(CCOc2cc3ncnc(Nc4cc(Cl)c(OCc5cccc(F)c5)cc4F)c3cc2N)CC1. The first-order valence-corrected chi connectivity index (χ1v) is 12.9. The summed E-state index contributed by atoms with van der Waals surface area (Å²) < 4.78 is 40.0. The Hall–Kier alpha value is -3.73. The summed E-state index contributed by atoms with van der Waals surface area (Å²) in [4.78, 5) is 13.3. The van der Waals surface area contributed by atoms with Crippen LogP contribution in [0.2, 0.25) is 5.02 Å². The predicted octanol–water partition coefficient (Wildman–Crippen LogP) is 5.09. The molecule has 11 heteroatoms. The molecule has 4 aromatic rings. The number of nitrogens with zero attached hydrogens (tertiary/aromatic N) is 4. The predicted molar refractivity (Wildman–Crippen MR) is 149 cm³/mol. The average Bonchev–Trinajstić information content (AvgIpc) is 2.91. The monoisotopic (exact) mass is 554 g/mol. The van der Waals surface area contributed by atoms with E-state index in [1.54, 1.807) is 24.3 Å². The molecule has 0 unspecified atom stereocenters. The molecular formula is C28H29ClF2N6O2. The molecule has 1 aliphatic rings. The highest BCUT2D eigenvalue weighted by Crippen LogP contribution is 2.35. The van der Waals surface area contributed by atoms with Crippen LogP contribution in [-0.4, -0.2) is 66.1 Å². The highest BCUT2D eigenvalue weighted by molar-refractivity contribution is 6.32. The second kappa shape index (κ2) is 12.0. The van der Waals surface area contributed by atoms with Gasteiger partial charge in [-0.05, 0) is 36.9 Å². The number of halogens is 3. The normalized spacial score (nSPS) is 14.5. The quantitative estimate of drug-likeness (QED) is 0.277. The molecule has 39 heavy (non-hydrogen) atoms. The van der Waals surface area contributed by atoms with Crippen LogP contribution in [0.5, 0.6) is 11.5 Å². The number of ether oxygens (including phenoxy) is 2. The third-order valence-electron chi connectivity index (χ3n) is 6.59. The maximum absolute atomic E-state index is 15.0. The van der Waals surface area contributed by atoms with Crippen molar-refractivity contribution in [2.75, 3.05) is 57.4 Å². The highest BCUT2D eigenvalue weighted by atomic mass is 35.5. The van der Waals surface area contributed by atoms with Gasteiger partial charge in [-0.1, -0.05) is 23.7 Å². The Morgan fingerprint density at radius 1 is 1.00 bits per heavy atom. The summed E-state index contributed by atoms with van der Waals surface area (Å²) in [5.74, 6) is 0.0562. The van der Waals surface area contributed by atoms with E-state index in [-0.39, 0.29) is 28.9 Å². The lowest BCUT2D eigenvalue weighted by Crippen LogP contribution is -2.45. The van der Waals surface area contributed by atoms with E-state index in [1.807, 2.05) is 0 Å². The molecule has 3 aromatic carbocycles. The van der Waals surface area contributed by atoms with E-state index in [0.717, 1.165) is 32.7 Å². The fourth-order valence-electron chi connectivity index (χ4n) is 4.33. The molecule has 0 bridgehead atoms. The number of nitrogens with one attached hydrogen (secondary N) is 1. The van der Waals surface area contributed by atoms with Crippen LogP contribution in [0, 0.1) is 11.6 Å². The number of rotatable bonds is 9. The minimum absolute atomic E-state index is 0.0410. The van der Waals surface area contributed by atoms with Gasteiger partial charge in [0.15, 0.2) is 0 Å². The molecule has 1 aliphatic heterocycles. The van der Waals surface area contributed by atoms with Gasteiger partial charge in [0.2, 0.25) is 0 Å². The van der Waals surface area contributed by atoms with Crippen LogP contribution in [0.15, 0.2) is 54.9 Å². The summed E-state index contributed by atoms with van der Waals surface area (Å²) >= 11 is 6.36. The van der Waals surface area contributed by atoms with Crippen LogP contribution in [-0.2, 0) is 6.61 Å². The Morgan fingerprint density at radius 3 is 2.62 bits per heavy atom. The minimum atomic E-state index is -0.600. The summed E-state index contributed by atoms with van der Waals surface area (Å²) in [6.07, 6.45) is 1.38. The molecule has 204 valence electrons. The lowest BCUT2D eigenvalue weighted by molar-refractivity contribution is 0.134. The number of likely N-dealkylation sites (N-methyl/N-ethyl adjacent to an activating group) is 1. The molecule has 0 saturated carbocycles. The fourth-order valence-corrected chi connectivity index (χ4v) is 4.55. The summed E-state index contributed by atoms with van der Waals surface area (Å²) in [5.41, 5.74) is 8.01. The van der Waals surface area contributed by atoms with Crippen LogP contribution >= 0.6 is 11.6 Å². The van der Waals surface area contributed by atoms with Crippen molar-refractivity contribution in [3.05, 3.63) is 77.1 Å². The number of nitrogens with two attached hydrogens (primary N) is 1. The molecule has 1 fully saturated rings. The molecule has 5 rings (SSSR count). The standard InChI is InChI=1S/C28H29ClF2N6O2/c1-36-5-7-37(8-6-36)9-10-38-27-15-24-20(12-23(27)32)28(34-17-33-24)35-25-13-21(29)26(14-22(25)31)39-16-18-3-2-4-19(30)11-18/h2-4,11-15,17H,5-10,16,32H2,1H3,(H,33,34,35). The molecule has 3 N–H and O–H groups in total. The fraction of sp³-hybridized carbons (Fsp3) is 0.286. The van der Waals surface area contributed by atoms with Crippen molar-refractivity contribution >= 4 is 39.7 Å². The maximum Gasteiger partial charge on any atom is 0.150 e.